The molecule has 0 aliphatic carbocycles. The zero-order valence-electron chi connectivity index (χ0n) is 15.7. The normalized spacial score (nSPS) is 16.7. The standard InChI is InChI=1S/C18H30N4O2.HI/c1-5-19-18(21(2)3)20-14-17(22-10-12-24-13-11-22)15-6-8-16(23-4)9-7-15;/h6-9,17H,5,10-14H2,1-4H3,(H,19,20);1H. The van der Waals surface area contributed by atoms with E-state index in [1.165, 1.54) is 5.56 Å². The van der Waals surface area contributed by atoms with E-state index in [0.29, 0.717) is 6.54 Å². The highest BCUT2D eigenvalue weighted by atomic mass is 127. The van der Waals surface area contributed by atoms with Gasteiger partial charge >= 0.3 is 0 Å². The molecule has 0 aromatic heterocycles. The first kappa shape index (κ1) is 22.0. The summed E-state index contributed by atoms with van der Waals surface area (Å²) in [4.78, 5) is 9.30. The quantitative estimate of drug-likeness (QED) is 0.399. The van der Waals surface area contributed by atoms with Crippen LogP contribution < -0.4 is 10.1 Å². The van der Waals surface area contributed by atoms with Crippen LogP contribution in [0.5, 0.6) is 5.75 Å². The van der Waals surface area contributed by atoms with Gasteiger partial charge in [0.15, 0.2) is 5.96 Å². The van der Waals surface area contributed by atoms with Crippen LogP contribution in [-0.4, -0.2) is 76.4 Å². The van der Waals surface area contributed by atoms with E-state index in [1.807, 2.05) is 31.1 Å². The number of rotatable bonds is 6. The molecule has 0 bridgehead atoms. The van der Waals surface area contributed by atoms with Crippen LogP contribution in [0, 0.1) is 0 Å². The maximum Gasteiger partial charge on any atom is 0.193 e. The van der Waals surface area contributed by atoms with Crippen LogP contribution in [0.25, 0.3) is 0 Å². The molecule has 1 N–H and O–H groups in total. The minimum atomic E-state index is 0. The molecule has 142 valence electrons. The van der Waals surface area contributed by atoms with E-state index in [4.69, 9.17) is 14.5 Å². The minimum Gasteiger partial charge on any atom is -0.497 e. The Hall–Kier alpha value is -1.06. The maximum atomic E-state index is 5.51. The number of ether oxygens (including phenoxy) is 2. The van der Waals surface area contributed by atoms with E-state index in [2.05, 4.69) is 29.3 Å². The predicted octanol–water partition coefficient (Wildman–Crippen LogP) is 2.21. The smallest absolute Gasteiger partial charge is 0.193 e. The molecule has 1 saturated heterocycles. The van der Waals surface area contributed by atoms with Gasteiger partial charge < -0.3 is 19.7 Å². The van der Waals surface area contributed by atoms with Gasteiger partial charge in [0.2, 0.25) is 0 Å². The molecule has 0 saturated carbocycles. The number of halogens is 1. The Bertz CT molecular complexity index is 516. The van der Waals surface area contributed by atoms with E-state index in [-0.39, 0.29) is 30.0 Å². The number of hydrogen-bond acceptors (Lipinski definition) is 4. The molecule has 1 fully saturated rings. The van der Waals surface area contributed by atoms with Crippen LogP contribution in [0.4, 0.5) is 0 Å². The fraction of sp³-hybridized carbons (Fsp3) is 0.611. The summed E-state index contributed by atoms with van der Waals surface area (Å²) in [7, 11) is 5.72. The first-order valence-corrected chi connectivity index (χ1v) is 8.57. The number of guanidine groups is 1. The van der Waals surface area contributed by atoms with Crippen LogP contribution >= 0.6 is 24.0 Å². The molecule has 1 unspecified atom stereocenters. The highest BCUT2D eigenvalue weighted by molar-refractivity contribution is 14.0. The van der Waals surface area contributed by atoms with Crippen molar-refractivity contribution in [3.05, 3.63) is 29.8 Å². The van der Waals surface area contributed by atoms with E-state index in [9.17, 15) is 0 Å². The lowest BCUT2D eigenvalue weighted by molar-refractivity contribution is 0.0179. The summed E-state index contributed by atoms with van der Waals surface area (Å²) >= 11 is 0. The van der Waals surface area contributed by atoms with Gasteiger partial charge in [-0.3, -0.25) is 9.89 Å². The Balaban J connectivity index is 0.00000312. The number of aliphatic imine (C=N–C) groups is 1. The number of morpholine rings is 1. The second-order valence-corrected chi connectivity index (χ2v) is 6.03. The molecule has 25 heavy (non-hydrogen) atoms. The molecular formula is C18H31IN4O2. The van der Waals surface area contributed by atoms with Crippen LogP contribution in [0.1, 0.15) is 18.5 Å². The van der Waals surface area contributed by atoms with Crippen molar-refractivity contribution in [3.8, 4) is 5.75 Å². The summed E-state index contributed by atoms with van der Waals surface area (Å²) in [6.45, 7) is 7.10. The highest BCUT2D eigenvalue weighted by Crippen LogP contribution is 2.24. The molecule has 2 rings (SSSR count). The minimum absolute atomic E-state index is 0. The third-order valence-corrected chi connectivity index (χ3v) is 4.16. The molecular weight excluding hydrogens is 431 g/mol. The van der Waals surface area contributed by atoms with Gasteiger partial charge in [-0.15, -0.1) is 24.0 Å². The third kappa shape index (κ3) is 6.63. The van der Waals surface area contributed by atoms with Crippen LogP contribution in [0.15, 0.2) is 29.3 Å². The third-order valence-electron chi connectivity index (χ3n) is 4.16. The molecule has 1 aromatic carbocycles. The van der Waals surface area contributed by atoms with Gasteiger partial charge in [0.25, 0.3) is 0 Å². The summed E-state index contributed by atoms with van der Waals surface area (Å²) in [6, 6.07) is 8.55. The first-order chi connectivity index (χ1) is 11.7. The van der Waals surface area contributed by atoms with E-state index in [1.54, 1.807) is 7.11 Å². The predicted molar refractivity (Wildman–Crippen MR) is 113 cm³/mol. The largest absolute Gasteiger partial charge is 0.497 e. The monoisotopic (exact) mass is 462 g/mol. The molecule has 1 aromatic rings. The van der Waals surface area contributed by atoms with Crippen molar-refractivity contribution < 1.29 is 9.47 Å². The number of benzene rings is 1. The van der Waals surface area contributed by atoms with Crippen molar-refractivity contribution in [1.82, 2.24) is 15.1 Å². The second-order valence-electron chi connectivity index (χ2n) is 6.03. The van der Waals surface area contributed by atoms with Crippen molar-refractivity contribution in [2.45, 2.75) is 13.0 Å². The summed E-state index contributed by atoms with van der Waals surface area (Å²) in [5.41, 5.74) is 1.26. The summed E-state index contributed by atoms with van der Waals surface area (Å²) in [5.74, 6) is 1.80. The average Bonchev–Trinajstić information content (AvgIpc) is 2.62. The van der Waals surface area contributed by atoms with Gasteiger partial charge in [-0.1, -0.05) is 12.1 Å². The van der Waals surface area contributed by atoms with Crippen molar-refractivity contribution in [3.63, 3.8) is 0 Å². The molecule has 1 aliphatic heterocycles. The fourth-order valence-corrected chi connectivity index (χ4v) is 2.83. The van der Waals surface area contributed by atoms with Crippen molar-refractivity contribution >= 4 is 29.9 Å². The number of nitrogens with one attached hydrogen (secondary N) is 1. The topological polar surface area (TPSA) is 49.3 Å². The summed E-state index contributed by atoms with van der Waals surface area (Å²) in [6.07, 6.45) is 0. The van der Waals surface area contributed by atoms with Crippen LogP contribution in [0.2, 0.25) is 0 Å². The maximum absolute atomic E-state index is 5.51. The van der Waals surface area contributed by atoms with Gasteiger partial charge in [-0.25, -0.2) is 0 Å². The van der Waals surface area contributed by atoms with Crippen molar-refractivity contribution in [1.29, 1.82) is 0 Å². The molecule has 6 nitrogen and oxygen atoms in total. The molecule has 7 heteroatoms. The first-order valence-electron chi connectivity index (χ1n) is 8.57. The number of methoxy groups -OCH3 is 1. The fourth-order valence-electron chi connectivity index (χ4n) is 2.83. The number of hydrogen-bond donors (Lipinski definition) is 1. The second kappa shape index (κ2) is 11.5. The van der Waals surface area contributed by atoms with Gasteiger partial charge in [0.05, 0.1) is 32.9 Å². The summed E-state index contributed by atoms with van der Waals surface area (Å²) in [5, 5.41) is 3.32. The summed E-state index contributed by atoms with van der Waals surface area (Å²) < 4.78 is 10.8. The average molecular weight is 462 g/mol. The van der Waals surface area contributed by atoms with Crippen molar-refractivity contribution in [2.75, 3.05) is 60.6 Å². The molecule has 1 atom stereocenters. The Labute approximate surface area is 168 Å². The Morgan fingerprint density at radius 3 is 2.44 bits per heavy atom. The molecule has 0 radical (unpaired) electrons. The Morgan fingerprint density at radius 2 is 1.92 bits per heavy atom. The zero-order valence-corrected chi connectivity index (χ0v) is 18.0. The van der Waals surface area contributed by atoms with Gasteiger partial charge in [0.1, 0.15) is 5.75 Å². The Kier molecular flexibility index (Phi) is 10.1. The molecule has 0 spiro atoms. The molecule has 1 heterocycles. The van der Waals surface area contributed by atoms with Crippen molar-refractivity contribution in [2.24, 2.45) is 4.99 Å². The van der Waals surface area contributed by atoms with Gasteiger partial charge in [-0.05, 0) is 24.6 Å². The van der Waals surface area contributed by atoms with E-state index < -0.39 is 0 Å². The SMILES string of the molecule is CCNC(=NCC(c1ccc(OC)cc1)N1CCOCC1)N(C)C.I. The zero-order chi connectivity index (χ0) is 17.4. The van der Waals surface area contributed by atoms with Gasteiger partial charge in [0, 0.05) is 33.7 Å². The van der Waals surface area contributed by atoms with Gasteiger partial charge in [-0.2, -0.15) is 0 Å². The lowest BCUT2D eigenvalue weighted by Crippen LogP contribution is -2.41. The van der Waals surface area contributed by atoms with E-state index >= 15 is 0 Å². The van der Waals surface area contributed by atoms with E-state index in [0.717, 1.165) is 44.6 Å². The lowest BCUT2D eigenvalue weighted by atomic mass is 10.0. The molecule has 1 aliphatic rings. The Morgan fingerprint density at radius 1 is 1.28 bits per heavy atom. The molecule has 0 amide bonds. The number of nitrogens with zero attached hydrogens (tertiary/aromatic N) is 3. The van der Waals surface area contributed by atoms with Crippen LogP contribution in [0.3, 0.4) is 0 Å². The lowest BCUT2D eigenvalue weighted by Gasteiger charge is -2.34. The highest BCUT2D eigenvalue weighted by Gasteiger charge is 2.22. The van der Waals surface area contributed by atoms with Crippen LogP contribution in [-0.2, 0) is 4.74 Å².